The number of rotatable bonds is 0. The number of hydrazine groups is 2. The number of hydrogen-bond donors (Lipinski definition) is 3. The molecule has 0 bridgehead atoms. The van der Waals surface area contributed by atoms with E-state index in [1.807, 2.05) is 12.4 Å². The van der Waals surface area contributed by atoms with Gasteiger partial charge in [-0.2, -0.15) is 5.53 Å². The second-order valence-corrected chi connectivity index (χ2v) is 3.03. The Bertz CT molecular complexity index is 297. The molecule has 3 N–H and O–H groups in total. The molecule has 2 aliphatic heterocycles. The van der Waals surface area contributed by atoms with Crippen molar-refractivity contribution < 1.29 is 4.74 Å². The van der Waals surface area contributed by atoms with E-state index < -0.39 is 0 Å². The first-order valence-electron chi connectivity index (χ1n) is 4.02. The van der Waals surface area contributed by atoms with Crippen LogP contribution in [-0.2, 0) is 0 Å². The van der Waals surface area contributed by atoms with Gasteiger partial charge >= 0.3 is 0 Å². The quantitative estimate of drug-likeness (QED) is 0.491. The molecule has 12 heavy (non-hydrogen) atoms. The topological polar surface area (TPSA) is 52.3 Å². The number of anilines is 1. The van der Waals surface area contributed by atoms with Crippen LogP contribution in [0.3, 0.4) is 0 Å². The van der Waals surface area contributed by atoms with Crippen LogP contribution in [0.1, 0.15) is 0 Å². The summed E-state index contributed by atoms with van der Waals surface area (Å²) in [6.07, 6.45) is 3.80. The zero-order chi connectivity index (χ0) is 7.97. The molecule has 3 heterocycles. The summed E-state index contributed by atoms with van der Waals surface area (Å²) in [6.45, 7) is 1.66. The molecule has 3 rings (SSSR count). The summed E-state index contributed by atoms with van der Waals surface area (Å²) in [5, 5.41) is 2.09. The number of H-pyrrole nitrogens is 1. The molecule has 1 aromatic rings. The first kappa shape index (κ1) is 6.33. The van der Waals surface area contributed by atoms with E-state index in [0.717, 1.165) is 24.6 Å². The molecular formula is C7H10N4O. The lowest BCUT2D eigenvalue weighted by atomic mass is 10.2. The van der Waals surface area contributed by atoms with Crippen LogP contribution in [0.4, 0.5) is 5.69 Å². The molecule has 0 radical (unpaired) electrons. The number of aromatic amines is 1. The normalized spacial score (nSPS) is 26.3. The maximum Gasteiger partial charge on any atom is 0.161 e. The van der Waals surface area contributed by atoms with Crippen LogP contribution in [0.15, 0.2) is 12.4 Å². The van der Waals surface area contributed by atoms with Crippen LogP contribution in [0.25, 0.3) is 0 Å². The Morgan fingerprint density at radius 3 is 3.50 bits per heavy atom. The van der Waals surface area contributed by atoms with E-state index in [4.69, 9.17) is 4.74 Å². The van der Waals surface area contributed by atoms with Gasteiger partial charge in [0.05, 0.1) is 6.04 Å². The van der Waals surface area contributed by atoms with Gasteiger partial charge in [0.2, 0.25) is 0 Å². The maximum absolute atomic E-state index is 5.52. The zero-order valence-electron chi connectivity index (χ0n) is 6.50. The molecule has 0 aromatic carbocycles. The van der Waals surface area contributed by atoms with E-state index >= 15 is 0 Å². The third-order valence-corrected chi connectivity index (χ3v) is 2.28. The minimum absolute atomic E-state index is 0.410. The minimum atomic E-state index is 0.410. The van der Waals surface area contributed by atoms with Gasteiger partial charge in [-0.15, -0.1) is 0 Å². The highest BCUT2D eigenvalue weighted by Gasteiger charge is 2.31. The van der Waals surface area contributed by atoms with Gasteiger partial charge in [0.15, 0.2) is 5.75 Å². The fourth-order valence-corrected chi connectivity index (χ4v) is 1.65. The molecule has 0 amide bonds. The van der Waals surface area contributed by atoms with E-state index in [0.29, 0.717) is 6.04 Å². The second kappa shape index (κ2) is 2.15. The van der Waals surface area contributed by atoms with Crippen molar-refractivity contribution in [3.05, 3.63) is 12.4 Å². The maximum atomic E-state index is 5.52. The Morgan fingerprint density at radius 2 is 2.50 bits per heavy atom. The van der Waals surface area contributed by atoms with Crippen molar-refractivity contribution in [1.82, 2.24) is 15.9 Å². The Kier molecular flexibility index (Phi) is 1.13. The predicted octanol–water partition coefficient (Wildman–Crippen LogP) is -0.395. The van der Waals surface area contributed by atoms with E-state index in [1.165, 1.54) is 0 Å². The predicted molar refractivity (Wildman–Crippen MR) is 43.7 cm³/mol. The molecule has 5 heteroatoms. The zero-order valence-corrected chi connectivity index (χ0v) is 6.50. The molecule has 1 unspecified atom stereocenters. The van der Waals surface area contributed by atoms with Crippen LogP contribution in [-0.4, -0.2) is 24.2 Å². The highest BCUT2D eigenvalue weighted by molar-refractivity contribution is 5.59. The van der Waals surface area contributed by atoms with Crippen LogP contribution in [0, 0.1) is 0 Å². The fourth-order valence-electron chi connectivity index (χ4n) is 1.65. The van der Waals surface area contributed by atoms with E-state index in [2.05, 4.69) is 21.0 Å². The first-order chi connectivity index (χ1) is 5.95. The Labute approximate surface area is 69.6 Å². The highest BCUT2D eigenvalue weighted by Crippen LogP contribution is 2.32. The van der Waals surface area contributed by atoms with Crippen LogP contribution >= 0.6 is 0 Å². The van der Waals surface area contributed by atoms with Crippen molar-refractivity contribution in [3.63, 3.8) is 0 Å². The van der Waals surface area contributed by atoms with Gasteiger partial charge in [0, 0.05) is 18.9 Å². The van der Waals surface area contributed by atoms with Crippen molar-refractivity contribution >= 4 is 5.69 Å². The number of aromatic nitrogens is 1. The molecule has 1 atom stereocenters. The standard InChI is InChI=1S/C7H10N4O/c1-5-4-12-7-3-8-2-6(7)11(5)10-9-1/h2-3,5,8-10H,1,4H2. The molecule has 1 aromatic heterocycles. The van der Waals surface area contributed by atoms with E-state index in [1.54, 1.807) is 0 Å². The Hall–Kier alpha value is -1.20. The Morgan fingerprint density at radius 1 is 1.50 bits per heavy atom. The van der Waals surface area contributed by atoms with Gasteiger partial charge in [-0.3, -0.25) is 5.01 Å². The fraction of sp³-hybridized carbons (Fsp3) is 0.429. The molecule has 0 saturated carbocycles. The van der Waals surface area contributed by atoms with Crippen molar-refractivity contribution in [1.29, 1.82) is 0 Å². The molecule has 64 valence electrons. The molecule has 5 nitrogen and oxygen atoms in total. The van der Waals surface area contributed by atoms with Crippen LogP contribution < -0.4 is 20.7 Å². The van der Waals surface area contributed by atoms with Gasteiger partial charge in [-0.25, -0.2) is 5.43 Å². The van der Waals surface area contributed by atoms with Gasteiger partial charge in [0.1, 0.15) is 12.3 Å². The van der Waals surface area contributed by atoms with Crippen molar-refractivity contribution in [2.75, 3.05) is 18.2 Å². The molecule has 1 fully saturated rings. The SMILES string of the molecule is c1[nH]cc2c1OCC1CNNN21. The summed E-state index contributed by atoms with van der Waals surface area (Å²) < 4.78 is 5.52. The molecule has 2 aliphatic rings. The number of ether oxygens (including phenoxy) is 1. The van der Waals surface area contributed by atoms with Crippen molar-refractivity contribution in [3.8, 4) is 5.75 Å². The molecule has 1 saturated heterocycles. The molecule has 0 spiro atoms. The van der Waals surface area contributed by atoms with Crippen molar-refractivity contribution in [2.45, 2.75) is 6.04 Å². The third kappa shape index (κ3) is 0.693. The average Bonchev–Trinajstić information content (AvgIpc) is 2.71. The number of nitrogens with one attached hydrogen (secondary N) is 3. The summed E-state index contributed by atoms with van der Waals surface area (Å²) in [5.74, 6) is 0.919. The van der Waals surface area contributed by atoms with E-state index in [-0.39, 0.29) is 0 Å². The van der Waals surface area contributed by atoms with Crippen LogP contribution in [0.2, 0.25) is 0 Å². The van der Waals surface area contributed by atoms with Crippen LogP contribution in [0.5, 0.6) is 5.75 Å². The molecule has 0 aliphatic carbocycles. The van der Waals surface area contributed by atoms with Gasteiger partial charge in [-0.1, -0.05) is 0 Å². The summed E-state index contributed by atoms with van der Waals surface area (Å²) in [4.78, 5) is 3.02. The van der Waals surface area contributed by atoms with Crippen molar-refractivity contribution in [2.24, 2.45) is 0 Å². The number of nitrogens with zero attached hydrogens (tertiary/aromatic N) is 1. The first-order valence-corrected chi connectivity index (χ1v) is 4.02. The number of hydrogen-bond acceptors (Lipinski definition) is 4. The van der Waals surface area contributed by atoms with Gasteiger partial charge in [-0.05, 0) is 0 Å². The second-order valence-electron chi connectivity index (χ2n) is 3.03. The largest absolute Gasteiger partial charge is 0.487 e. The van der Waals surface area contributed by atoms with Gasteiger partial charge < -0.3 is 9.72 Å². The average molecular weight is 166 g/mol. The minimum Gasteiger partial charge on any atom is -0.487 e. The lowest BCUT2D eigenvalue weighted by Crippen LogP contribution is -2.44. The summed E-state index contributed by atoms with van der Waals surface area (Å²) in [6, 6.07) is 0.410. The monoisotopic (exact) mass is 166 g/mol. The Balaban J connectivity index is 2.04. The summed E-state index contributed by atoms with van der Waals surface area (Å²) >= 11 is 0. The highest BCUT2D eigenvalue weighted by atomic mass is 16.5. The lowest BCUT2D eigenvalue weighted by molar-refractivity contribution is 0.275. The lowest BCUT2D eigenvalue weighted by Gasteiger charge is -2.29. The molecular weight excluding hydrogens is 156 g/mol. The number of fused-ring (bicyclic) bond motifs is 3. The van der Waals surface area contributed by atoms with Gasteiger partial charge in [0.25, 0.3) is 0 Å². The van der Waals surface area contributed by atoms with E-state index in [9.17, 15) is 0 Å². The third-order valence-electron chi connectivity index (χ3n) is 2.28. The summed E-state index contributed by atoms with van der Waals surface area (Å²) in [7, 11) is 0. The smallest absolute Gasteiger partial charge is 0.161 e. The summed E-state index contributed by atoms with van der Waals surface area (Å²) in [5.41, 5.74) is 7.24.